The number of carbonyl (C=O) groups excluding carboxylic acids is 1. The van der Waals surface area contributed by atoms with Gasteiger partial charge in [-0.05, 0) is 23.8 Å². The number of nitrogens with zero attached hydrogens (tertiary/aromatic N) is 3. The number of thioether (sulfide) groups is 1. The van der Waals surface area contributed by atoms with Crippen LogP contribution < -0.4 is 5.32 Å². The van der Waals surface area contributed by atoms with Crippen molar-refractivity contribution in [3.8, 4) is 22.5 Å². The molecule has 0 aliphatic rings. The van der Waals surface area contributed by atoms with E-state index in [0.717, 1.165) is 16.8 Å². The zero-order valence-corrected chi connectivity index (χ0v) is 17.1. The molecular formula is C23H19FN4OS. The van der Waals surface area contributed by atoms with Crippen LogP contribution >= 0.6 is 11.8 Å². The molecule has 0 spiro atoms. The normalized spacial score (nSPS) is 10.7. The van der Waals surface area contributed by atoms with Crippen LogP contribution in [0.1, 0.15) is 0 Å². The van der Waals surface area contributed by atoms with Crippen molar-refractivity contribution in [3.05, 3.63) is 84.7 Å². The van der Waals surface area contributed by atoms with Gasteiger partial charge in [-0.3, -0.25) is 4.79 Å². The van der Waals surface area contributed by atoms with Crippen molar-refractivity contribution < 1.29 is 9.18 Å². The Morgan fingerprint density at radius 1 is 0.933 bits per heavy atom. The minimum atomic E-state index is -0.361. The number of rotatable bonds is 6. The second-order valence-electron chi connectivity index (χ2n) is 6.59. The summed E-state index contributed by atoms with van der Waals surface area (Å²) in [6.07, 6.45) is 0. The minimum absolute atomic E-state index is 0.154. The fraction of sp³-hybridized carbons (Fsp3) is 0.0870. The predicted octanol–water partition coefficient (Wildman–Crippen LogP) is 5.02. The van der Waals surface area contributed by atoms with Gasteiger partial charge in [-0.2, -0.15) is 0 Å². The molecule has 5 nitrogen and oxygen atoms in total. The number of benzene rings is 3. The maximum absolute atomic E-state index is 14.0. The topological polar surface area (TPSA) is 59.8 Å². The third kappa shape index (κ3) is 4.26. The minimum Gasteiger partial charge on any atom is -0.325 e. The maximum atomic E-state index is 14.0. The molecule has 1 heterocycles. The van der Waals surface area contributed by atoms with Gasteiger partial charge in [-0.25, -0.2) is 4.39 Å². The molecule has 1 amide bonds. The van der Waals surface area contributed by atoms with Crippen molar-refractivity contribution in [1.82, 2.24) is 14.8 Å². The quantitative estimate of drug-likeness (QED) is 0.447. The molecular weight excluding hydrogens is 399 g/mol. The standard InChI is InChI=1S/C23H19FN4OS/c1-28-22(18-12-5-7-13-19(18)24)26-27-23(28)30-15-21(29)25-20-14-8-6-11-17(20)16-9-3-2-4-10-16/h2-14H,15H2,1H3,(H,25,29). The predicted molar refractivity (Wildman–Crippen MR) is 118 cm³/mol. The Balaban J connectivity index is 1.45. The highest BCUT2D eigenvalue weighted by molar-refractivity contribution is 7.99. The van der Waals surface area contributed by atoms with Gasteiger partial charge < -0.3 is 9.88 Å². The first-order valence-corrected chi connectivity index (χ1v) is 10.3. The molecule has 0 bridgehead atoms. The van der Waals surface area contributed by atoms with Gasteiger partial charge in [0, 0.05) is 18.3 Å². The van der Waals surface area contributed by atoms with Crippen molar-refractivity contribution >= 4 is 23.4 Å². The number of halogens is 1. The van der Waals surface area contributed by atoms with Crippen molar-refractivity contribution in [2.75, 3.05) is 11.1 Å². The Bertz CT molecular complexity index is 1180. The zero-order chi connectivity index (χ0) is 20.9. The highest BCUT2D eigenvalue weighted by Gasteiger charge is 2.16. The van der Waals surface area contributed by atoms with E-state index in [2.05, 4.69) is 15.5 Å². The average Bonchev–Trinajstić information content (AvgIpc) is 3.14. The van der Waals surface area contributed by atoms with Crippen LogP contribution in [0.4, 0.5) is 10.1 Å². The summed E-state index contributed by atoms with van der Waals surface area (Å²) in [5.74, 6) is 0.0656. The van der Waals surface area contributed by atoms with E-state index in [-0.39, 0.29) is 17.5 Å². The number of para-hydroxylation sites is 1. The van der Waals surface area contributed by atoms with Gasteiger partial charge in [0.1, 0.15) is 5.82 Å². The van der Waals surface area contributed by atoms with E-state index < -0.39 is 0 Å². The van der Waals surface area contributed by atoms with Gasteiger partial charge in [0.15, 0.2) is 11.0 Å². The smallest absolute Gasteiger partial charge is 0.234 e. The van der Waals surface area contributed by atoms with Crippen LogP contribution in [0.3, 0.4) is 0 Å². The lowest BCUT2D eigenvalue weighted by molar-refractivity contribution is -0.113. The van der Waals surface area contributed by atoms with Gasteiger partial charge in [-0.15, -0.1) is 10.2 Å². The summed E-state index contributed by atoms with van der Waals surface area (Å²) in [5.41, 5.74) is 3.11. The molecule has 1 N–H and O–H groups in total. The maximum Gasteiger partial charge on any atom is 0.234 e. The van der Waals surface area contributed by atoms with Crippen LogP contribution in [-0.4, -0.2) is 26.4 Å². The Labute approximate surface area is 178 Å². The molecule has 1 aromatic heterocycles. The molecule has 0 saturated heterocycles. The summed E-state index contributed by atoms with van der Waals surface area (Å²) in [6, 6.07) is 24.0. The molecule has 0 radical (unpaired) electrons. The number of nitrogens with one attached hydrogen (secondary N) is 1. The summed E-state index contributed by atoms with van der Waals surface area (Å²) in [6.45, 7) is 0. The molecule has 4 rings (SSSR count). The van der Waals surface area contributed by atoms with Gasteiger partial charge in [0.2, 0.25) is 5.91 Å². The third-order valence-electron chi connectivity index (χ3n) is 4.57. The van der Waals surface area contributed by atoms with E-state index in [1.165, 1.54) is 17.8 Å². The Hall–Kier alpha value is -3.45. The van der Waals surface area contributed by atoms with E-state index >= 15 is 0 Å². The van der Waals surface area contributed by atoms with Crippen molar-refractivity contribution in [2.45, 2.75) is 5.16 Å². The van der Waals surface area contributed by atoms with Crippen LogP contribution in [0.25, 0.3) is 22.5 Å². The first-order chi connectivity index (χ1) is 14.6. The molecule has 0 atom stereocenters. The van der Waals surface area contributed by atoms with E-state index in [9.17, 15) is 9.18 Å². The van der Waals surface area contributed by atoms with Crippen molar-refractivity contribution in [3.63, 3.8) is 0 Å². The molecule has 0 saturated carbocycles. The summed E-state index contributed by atoms with van der Waals surface area (Å²) in [7, 11) is 1.76. The molecule has 150 valence electrons. The molecule has 7 heteroatoms. The second-order valence-corrected chi connectivity index (χ2v) is 7.54. The zero-order valence-electron chi connectivity index (χ0n) is 16.2. The van der Waals surface area contributed by atoms with Gasteiger partial charge >= 0.3 is 0 Å². The Morgan fingerprint density at radius 3 is 2.37 bits per heavy atom. The molecule has 0 aliphatic carbocycles. The summed E-state index contributed by atoms with van der Waals surface area (Å²) in [4.78, 5) is 12.6. The number of aromatic nitrogens is 3. The Kier molecular flexibility index (Phi) is 5.90. The monoisotopic (exact) mass is 418 g/mol. The molecule has 0 fully saturated rings. The van der Waals surface area contributed by atoms with Gasteiger partial charge in [-0.1, -0.05) is 72.4 Å². The molecule has 3 aromatic carbocycles. The SMILES string of the molecule is Cn1c(SCC(=O)Nc2ccccc2-c2ccccc2)nnc1-c1ccccc1F. The largest absolute Gasteiger partial charge is 0.325 e. The van der Waals surface area contributed by atoms with Crippen LogP contribution in [-0.2, 0) is 11.8 Å². The third-order valence-corrected chi connectivity index (χ3v) is 5.59. The molecule has 4 aromatic rings. The highest BCUT2D eigenvalue weighted by Crippen LogP contribution is 2.28. The van der Waals surface area contributed by atoms with Gasteiger partial charge in [0.25, 0.3) is 0 Å². The lowest BCUT2D eigenvalue weighted by Crippen LogP contribution is -2.15. The fourth-order valence-electron chi connectivity index (χ4n) is 3.10. The van der Waals surface area contributed by atoms with Crippen LogP contribution in [0.2, 0.25) is 0 Å². The Morgan fingerprint density at radius 2 is 1.60 bits per heavy atom. The van der Waals surface area contributed by atoms with E-state index in [4.69, 9.17) is 0 Å². The fourth-order valence-corrected chi connectivity index (χ4v) is 3.81. The summed E-state index contributed by atoms with van der Waals surface area (Å²) in [5, 5.41) is 11.7. The highest BCUT2D eigenvalue weighted by atomic mass is 32.2. The lowest BCUT2D eigenvalue weighted by atomic mass is 10.0. The van der Waals surface area contributed by atoms with Crippen molar-refractivity contribution in [2.24, 2.45) is 7.05 Å². The van der Waals surface area contributed by atoms with Crippen LogP contribution in [0, 0.1) is 5.82 Å². The van der Waals surface area contributed by atoms with E-state index in [1.807, 2.05) is 54.6 Å². The van der Waals surface area contributed by atoms with E-state index in [0.29, 0.717) is 16.5 Å². The molecule has 0 unspecified atom stereocenters. The number of hydrogen-bond acceptors (Lipinski definition) is 4. The first-order valence-electron chi connectivity index (χ1n) is 9.35. The second kappa shape index (κ2) is 8.92. The summed E-state index contributed by atoms with van der Waals surface area (Å²) < 4.78 is 15.7. The number of hydrogen-bond donors (Lipinski definition) is 1. The number of amides is 1. The molecule has 0 aliphatic heterocycles. The van der Waals surface area contributed by atoms with Crippen LogP contribution in [0.15, 0.2) is 84.0 Å². The lowest BCUT2D eigenvalue weighted by Gasteiger charge is -2.11. The number of anilines is 1. The van der Waals surface area contributed by atoms with Crippen molar-refractivity contribution in [1.29, 1.82) is 0 Å². The van der Waals surface area contributed by atoms with Gasteiger partial charge in [0.05, 0.1) is 11.3 Å². The average molecular weight is 418 g/mol. The molecule has 30 heavy (non-hydrogen) atoms. The first kappa shape index (κ1) is 19.8. The van der Waals surface area contributed by atoms with Crippen LogP contribution in [0.5, 0.6) is 0 Å². The number of carbonyl (C=O) groups is 1. The van der Waals surface area contributed by atoms with E-state index in [1.54, 1.807) is 29.8 Å². The summed E-state index contributed by atoms with van der Waals surface area (Å²) >= 11 is 1.25.